The number of ether oxygens (including phenoxy) is 1. The molecule has 0 amide bonds. The number of rotatable bonds is 1. The van der Waals surface area contributed by atoms with Crippen LogP contribution in [0.1, 0.15) is 31.1 Å². The average Bonchev–Trinajstić information content (AvgIpc) is 2.20. The fourth-order valence-corrected chi connectivity index (χ4v) is 1.87. The molecule has 1 fully saturated rings. The highest BCUT2D eigenvalue weighted by atomic mass is 127. The van der Waals surface area contributed by atoms with Gasteiger partial charge < -0.3 is 4.74 Å². The molecule has 13 heavy (non-hydrogen) atoms. The molecule has 0 N–H and O–H groups in total. The van der Waals surface area contributed by atoms with Gasteiger partial charge in [0, 0.05) is 16.4 Å². The van der Waals surface area contributed by atoms with Gasteiger partial charge in [0.2, 0.25) is 0 Å². The van der Waals surface area contributed by atoms with Gasteiger partial charge in [-0.2, -0.15) is 0 Å². The number of aromatic nitrogens is 1. The molecular weight excluding hydrogens is 277 g/mol. The Balaban J connectivity index is 2.10. The second kappa shape index (κ2) is 4.37. The van der Waals surface area contributed by atoms with Gasteiger partial charge in [-0.05, 0) is 54.0 Å². The molecule has 1 aromatic rings. The summed E-state index contributed by atoms with van der Waals surface area (Å²) < 4.78 is 6.82. The van der Waals surface area contributed by atoms with E-state index in [1.165, 1.54) is 16.4 Å². The van der Waals surface area contributed by atoms with Crippen molar-refractivity contribution in [1.29, 1.82) is 0 Å². The van der Waals surface area contributed by atoms with Gasteiger partial charge >= 0.3 is 0 Å². The van der Waals surface area contributed by atoms with Crippen molar-refractivity contribution in [1.82, 2.24) is 4.98 Å². The minimum absolute atomic E-state index is 0.241. The molecule has 1 atom stereocenters. The lowest BCUT2D eigenvalue weighted by molar-refractivity contribution is 0.0123. The Morgan fingerprint density at radius 2 is 2.31 bits per heavy atom. The quantitative estimate of drug-likeness (QED) is 0.742. The summed E-state index contributed by atoms with van der Waals surface area (Å²) in [6, 6.07) is 4.15. The molecule has 1 saturated heterocycles. The first-order valence-electron chi connectivity index (χ1n) is 4.59. The largest absolute Gasteiger partial charge is 0.372 e. The number of hydrogen-bond acceptors (Lipinski definition) is 2. The SMILES string of the molecule is Ic1ccc(C2CCCCO2)nc1. The molecule has 2 rings (SSSR count). The summed E-state index contributed by atoms with van der Waals surface area (Å²) in [6.07, 6.45) is 5.71. The van der Waals surface area contributed by atoms with Crippen LogP contribution in [0.3, 0.4) is 0 Å². The molecule has 3 heteroatoms. The molecule has 0 radical (unpaired) electrons. The Morgan fingerprint density at radius 1 is 1.38 bits per heavy atom. The molecule has 2 nitrogen and oxygen atoms in total. The fraction of sp³-hybridized carbons (Fsp3) is 0.500. The highest BCUT2D eigenvalue weighted by Gasteiger charge is 2.16. The maximum absolute atomic E-state index is 5.64. The summed E-state index contributed by atoms with van der Waals surface area (Å²) >= 11 is 2.26. The number of halogens is 1. The van der Waals surface area contributed by atoms with Crippen LogP contribution in [0.15, 0.2) is 18.3 Å². The van der Waals surface area contributed by atoms with E-state index in [0.29, 0.717) is 0 Å². The van der Waals surface area contributed by atoms with Crippen LogP contribution in [0.5, 0.6) is 0 Å². The molecule has 0 aromatic carbocycles. The maximum Gasteiger partial charge on any atom is 0.0994 e. The Hall–Kier alpha value is -0.160. The van der Waals surface area contributed by atoms with E-state index in [1.54, 1.807) is 0 Å². The van der Waals surface area contributed by atoms with Crippen LogP contribution in [0.4, 0.5) is 0 Å². The van der Waals surface area contributed by atoms with Crippen molar-refractivity contribution in [2.24, 2.45) is 0 Å². The van der Waals surface area contributed by atoms with Crippen molar-refractivity contribution >= 4 is 22.6 Å². The van der Waals surface area contributed by atoms with Crippen LogP contribution >= 0.6 is 22.6 Å². The zero-order valence-corrected chi connectivity index (χ0v) is 9.53. The Labute approximate surface area is 91.8 Å². The molecule has 0 aliphatic carbocycles. The molecule has 1 unspecified atom stereocenters. The Morgan fingerprint density at radius 3 is 2.92 bits per heavy atom. The number of pyridine rings is 1. The van der Waals surface area contributed by atoms with E-state index in [2.05, 4.69) is 39.7 Å². The third-order valence-corrected chi connectivity index (χ3v) is 2.90. The molecule has 0 saturated carbocycles. The van der Waals surface area contributed by atoms with Gasteiger partial charge in [0.15, 0.2) is 0 Å². The number of hydrogen-bond donors (Lipinski definition) is 0. The highest BCUT2D eigenvalue weighted by Crippen LogP contribution is 2.26. The van der Waals surface area contributed by atoms with Gasteiger partial charge in [0.1, 0.15) is 0 Å². The molecule has 1 aliphatic heterocycles. The number of nitrogens with zero attached hydrogens (tertiary/aromatic N) is 1. The van der Waals surface area contributed by atoms with Crippen LogP contribution in [0.2, 0.25) is 0 Å². The molecule has 0 bridgehead atoms. The van der Waals surface area contributed by atoms with Crippen molar-refractivity contribution in [2.75, 3.05) is 6.61 Å². The van der Waals surface area contributed by atoms with Gasteiger partial charge in [-0.3, -0.25) is 4.98 Å². The summed E-state index contributed by atoms with van der Waals surface area (Å²) in [5, 5.41) is 0. The lowest BCUT2D eigenvalue weighted by Gasteiger charge is -2.21. The lowest BCUT2D eigenvalue weighted by atomic mass is 10.1. The summed E-state index contributed by atoms with van der Waals surface area (Å²) in [7, 11) is 0. The van der Waals surface area contributed by atoms with Gasteiger partial charge in [-0.1, -0.05) is 0 Å². The average molecular weight is 289 g/mol. The third kappa shape index (κ3) is 2.40. The van der Waals surface area contributed by atoms with E-state index >= 15 is 0 Å². The standard InChI is InChI=1S/C10H12INO/c11-8-4-5-9(12-7-8)10-3-1-2-6-13-10/h4-5,7,10H,1-3,6H2. The predicted octanol–water partition coefficient (Wildman–Crippen LogP) is 2.93. The Bertz CT molecular complexity index is 267. The van der Waals surface area contributed by atoms with Crippen molar-refractivity contribution in [3.8, 4) is 0 Å². The summed E-state index contributed by atoms with van der Waals surface area (Å²) in [5.41, 5.74) is 1.08. The predicted molar refractivity (Wildman–Crippen MR) is 59.5 cm³/mol. The summed E-state index contributed by atoms with van der Waals surface area (Å²) in [4.78, 5) is 4.37. The van der Waals surface area contributed by atoms with Crippen LogP contribution in [-0.4, -0.2) is 11.6 Å². The first kappa shape index (κ1) is 9.40. The molecule has 2 heterocycles. The second-order valence-electron chi connectivity index (χ2n) is 3.26. The van der Waals surface area contributed by atoms with Crippen molar-refractivity contribution in [2.45, 2.75) is 25.4 Å². The van der Waals surface area contributed by atoms with E-state index in [1.807, 2.05) is 6.20 Å². The van der Waals surface area contributed by atoms with E-state index in [0.717, 1.165) is 18.7 Å². The second-order valence-corrected chi connectivity index (χ2v) is 4.50. The first-order valence-corrected chi connectivity index (χ1v) is 5.67. The zero-order valence-electron chi connectivity index (χ0n) is 7.37. The van der Waals surface area contributed by atoms with Gasteiger partial charge in [-0.15, -0.1) is 0 Å². The van der Waals surface area contributed by atoms with Crippen molar-refractivity contribution in [3.05, 3.63) is 27.6 Å². The van der Waals surface area contributed by atoms with Crippen LogP contribution in [0.25, 0.3) is 0 Å². The van der Waals surface area contributed by atoms with Crippen LogP contribution in [0, 0.1) is 3.57 Å². The summed E-state index contributed by atoms with van der Waals surface area (Å²) in [5.74, 6) is 0. The zero-order chi connectivity index (χ0) is 9.10. The van der Waals surface area contributed by atoms with E-state index < -0.39 is 0 Å². The third-order valence-electron chi connectivity index (χ3n) is 2.26. The van der Waals surface area contributed by atoms with Gasteiger partial charge in [-0.25, -0.2) is 0 Å². The smallest absolute Gasteiger partial charge is 0.0994 e. The first-order chi connectivity index (χ1) is 6.36. The molecule has 1 aliphatic rings. The monoisotopic (exact) mass is 289 g/mol. The van der Waals surface area contributed by atoms with E-state index in [9.17, 15) is 0 Å². The fourth-order valence-electron chi connectivity index (χ4n) is 1.55. The molecule has 0 spiro atoms. The van der Waals surface area contributed by atoms with Gasteiger partial charge in [0.05, 0.1) is 11.8 Å². The lowest BCUT2D eigenvalue weighted by Crippen LogP contribution is -2.12. The molecular formula is C10H12INO. The minimum atomic E-state index is 0.241. The van der Waals surface area contributed by atoms with Crippen molar-refractivity contribution in [3.63, 3.8) is 0 Å². The maximum atomic E-state index is 5.64. The summed E-state index contributed by atoms with van der Waals surface area (Å²) in [6.45, 7) is 0.887. The van der Waals surface area contributed by atoms with E-state index in [-0.39, 0.29) is 6.10 Å². The van der Waals surface area contributed by atoms with Crippen molar-refractivity contribution < 1.29 is 4.74 Å². The molecule has 70 valence electrons. The topological polar surface area (TPSA) is 22.1 Å². The highest BCUT2D eigenvalue weighted by molar-refractivity contribution is 14.1. The normalized spacial score (nSPS) is 23.0. The van der Waals surface area contributed by atoms with E-state index in [4.69, 9.17) is 4.74 Å². The molecule has 1 aromatic heterocycles. The van der Waals surface area contributed by atoms with Crippen LogP contribution in [-0.2, 0) is 4.74 Å². The van der Waals surface area contributed by atoms with Crippen LogP contribution < -0.4 is 0 Å². The van der Waals surface area contributed by atoms with Gasteiger partial charge in [0.25, 0.3) is 0 Å². The Kier molecular flexibility index (Phi) is 3.16. The minimum Gasteiger partial charge on any atom is -0.372 e.